The lowest BCUT2D eigenvalue weighted by molar-refractivity contribution is -0.0924. The third-order valence-corrected chi connectivity index (χ3v) is 1.17. The predicted molar refractivity (Wildman–Crippen MR) is 43.8 cm³/mol. The number of alkyl halides is 3. The molecular formula is C9H11F3. The SMILES string of the molecule is C=C(C)/C=C\CC(=C)C(F)(F)F. The molecule has 0 aromatic rings. The summed E-state index contributed by atoms with van der Waals surface area (Å²) in [5, 5.41) is 0. The molecule has 0 nitrogen and oxygen atoms in total. The van der Waals surface area contributed by atoms with E-state index in [1.807, 2.05) is 0 Å². The molecule has 0 heterocycles. The summed E-state index contributed by atoms with van der Waals surface area (Å²) in [6.07, 6.45) is -1.51. The molecule has 12 heavy (non-hydrogen) atoms. The monoisotopic (exact) mass is 176 g/mol. The number of halogens is 3. The van der Waals surface area contributed by atoms with Crippen molar-refractivity contribution in [1.82, 2.24) is 0 Å². The Morgan fingerprint density at radius 2 is 1.83 bits per heavy atom. The lowest BCUT2D eigenvalue weighted by Crippen LogP contribution is -2.09. The molecule has 0 unspecified atom stereocenters. The summed E-state index contributed by atoms with van der Waals surface area (Å²) in [6.45, 7) is 8.15. The summed E-state index contributed by atoms with van der Waals surface area (Å²) in [4.78, 5) is 0. The van der Waals surface area contributed by atoms with E-state index in [4.69, 9.17) is 0 Å². The predicted octanol–water partition coefficient (Wildman–Crippen LogP) is 3.63. The average Bonchev–Trinajstić information content (AvgIpc) is 1.84. The third-order valence-electron chi connectivity index (χ3n) is 1.17. The van der Waals surface area contributed by atoms with E-state index < -0.39 is 11.7 Å². The summed E-state index contributed by atoms with van der Waals surface area (Å²) in [5.74, 6) is 0. The first-order valence-electron chi connectivity index (χ1n) is 3.41. The van der Waals surface area contributed by atoms with E-state index in [1.165, 1.54) is 12.2 Å². The van der Waals surface area contributed by atoms with Crippen molar-refractivity contribution in [2.45, 2.75) is 19.5 Å². The van der Waals surface area contributed by atoms with Gasteiger partial charge in [0, 0.05) is 5.57 Å². The van der Waals surface area contributed by atoms with Crippen molar-refractivity contribution < 1.29 is 13.2 Å². The molecule has 0 fully saturated rings. The highest BCUT2D eigenvalue weighted by Gasteiger charge is 2.30. The third kappa shape index (κ3) is 4.77. The minimum atomic E-state index is -4.28. The Morgan fingerprint density at radius 3 is 2.17 bits per heavy atom. The fourth-order valence-electron chi connectivity index (χ4n) is 0.518. The van der Waals surface area contributed by atoms with Gasteiger partial charge in [0.2, 0.25) is 0 Å². The topological polar surface area (TPSA) is 0 Å². The van der Waals surface area contributed by atoms with Gasteiger partial charge in [-0.1, -0.05) is 30.9 Å². The normalized spacial score (nSPS) is 12.0. The van der Waals surface area contributed by atoms with E-state index in [0.29, 0.717) is 0 Å². The molecule has 0 N–H and O–H groups in total. The number of allylic oxidation sites excluding steroid dienone is 4. The van der Waals surface area contributed by atoms with Gasteiger partial charge in [0.15, 0.2) is 0 Å². The van der Waals surface area contributed by atoms with Gasteiger partial charge in [-0.15, -0.1) is 0 Å². The molecule has 0 bridgehead atoms. The zero-order valence-electron chi connectivity index (χ0n) is 6.91. The first kappa shape index (κ1) is 11.0. The Hall–Kier alpha value is -0.990. The van der Waals surface area contributed by atoms with Gasteiger partial charge in [-0.2, -0.15) is 13.2 Å². The molecule has 0 saturated carbocycles. The number of hydrogen-bond donors (Lipinski definition) is 0. The van der Waals surface area contributed by atoms with Crippen LogP contribution < -0.4 is 0 Å². The molecular weight excluding hydrogens is 165 g/mol. The Kier molecular flexibility index (Phi) is 3.80. The Bertz CT molecular complexity index is 208. The Morgan fingerprint density at radius 1 is 1.33 bits per heavy atom. The van der Waals surface area contributed by atoms with Gasteiger partial charge in [0.25, 0.3) is 0 Å². The van der Waals surface area contributed by atoms with Crippen LogP contribution in [0.25, 0.3) is 0 Å². The lowest BCUT2D eigenvalue weighted by Gasteiger charge is -2.06. The average molecular weight is 176 g/mol. The quantitative estimate of drug-likeness (QED) is 0.455. The summed E-state index contributed by atoms with van der Waals surface area (Å²) in [5.41, 5.74) is -0.00928. The van der Waals surface area contributed by atoms with Crippen LogP contribution in [-0.4, -0.2) is 6.18 Å². The second-order valence-corrected chi connectivity index (χ2v) is 2.55. The minimum Gasteiger partial charge on any atom is -0.166 e. The van der Waals surface area contributed by atoms with Crippen molar-refractivity contribution in [3.8, 4) is 0 Å². The Balaban J connectivity index is 3.96. The molecule has 0 saturated heterocycles. The van der Waals surface area contributed by atoms with Gasteiger partial charge >= 0.3 is 6.18 Å². The number of hydrogen-bond acceptors (Lipinski definition) is 0. The van der Waals surface area contributed by atoms with Crippen LogP contribution in [0.3, 0.4) is 0 Å². The molecule has 0 aliphatic rings. The Labute approximate surface area is 70.1 Å². The van der Waals surface area contributed by atoms with Gasteiger partial charge in [-0.05, 0) is 13.3 Å². The number of rotatable bonds is 3. The highest BCUT2D eigenvalue weighted by Crippen LogP contribution is 2.26. The van der Waals surface area contributed by atoms with Crippen LogP contribution in [0.1, 0.15) is 13.3 Å². The molecule has 0 aromatic carbocycles. The van der Waals surface area contributed by atoms with Gasteiger partial charge in [0.05, 0.1) is 0 Å². The van der Waals surface area contributed by atoms with E-state index in [0.717, 1.165) is 5.57 Å². The van der Waals surface area contributed by atoms with E-state index in [-0.39, 0.29) is 6.42 Å². The molecule has 0 amide bonds. The second kappa shape index (κ2) is 4.14. The largest absolute Gasteiger partial charge is 0.412 e. The van der Waals surface area contributed by atoms with Crippen molar-refractivity contribution in [2.24, 2.45) is 0 Å². The standard InChI is InChI=1S/C9H11F3/c1-7(2)5-4-6-8(3)9(10,11)12/h4-5H,1,3,6H2,2H3/b5-4-. The van der Waals surface area contributed by atoms with Crippen LogP contribution in [0.15, 0.2) is 36.5 Å². The van der Waals surface area contributed by atoms with Crippen LogP contribution in [0.2, 0.25) is 0 Å². The molecule has 68 valence electrons. The molecule has 0 aliphatic carbocycles. The van der Waals surface area contributed by atoms with E-state index in [1.54, 1.807) is 6.92 Å². The molecule has 0 aliphatic heterocycles. The summed E-state index contributed by atoms with van der Waals surface area (Å²) in [7, 11) is 0. The minimum absolute atomic E-state index is 0.170. The molecule has 0 aromatic heterocycles. The van der Waals surface area contributed by atoms with E-state index in [2.05, 4.69) is 13.2 Å². The summed E-state index contributed by atoms with van der Waals surface area (Å²) < 4.78 is 35.5. The van der Waals surface area contributed by atoms with Crippen LogP contribution in [0.5, 0.6) is 0 Å². The smallest absolute Gasteiger partial charge is 0.166 e. The van der Waals surface area contributed by atoms with Gasteiger partial charge in [-0.25, -0.2) is 0 Å². The highest BCUT2D eigenvalue weighted by atomic mass is 19.4. The molecule has 0 spiro atoms. The zero-order valence-corrected chi connectivity index (χ0v) is 6.91. The molecule has 0 atom stereocenters. The van der Waals surface area contributed by atoms with Crippen molar-refractivity contribution >= 4 is 0 Å². The highest BCUT2D eigenvalue weighted by molar-refractivity contribution is 5.15. The van der Waals surface area contributed by atoms with Crippen LogP contribution in [0, 0.1) is 0 Å². The maximum Gasteiger partial charge on any atom is 0.412 e. The van der Waals surface area contributed by atoms with Crippen molar-refractivity contribution in [1.29, 1.82) is 0 Å². The van der Waals surface area contributed by atoms with E-state index in [9.17, 15) is 13.2 Å². The first-order valence-corrected chi connectivity index (χ1v) is 3.41. The fraction of sp³-hybridized carbons (Fsp3) is 0.333. The summed E-state index contributed by atoms with van der Waals surface area (Å²) >= 11 is 0. The molecule has 0 radical (unpaired) electrons. The van der Waals surface area contributed by atoms with Crippen LogP contribution in [-0.2, 0) is 0 Å². The van der Waals surface area contributed by atoms with Crippen molar-refractivity contribution in [3.05, 3.63) is 36.5 Å². The second-order valence-electron chi connectivity index (χ2n) is 2.55. The fourth-order valence-corrected chi connectivity index (χ4v) is 0.518. The van der Waals surface area contributed by atoms with Gasteiger partial charge in [0.1, 0.15) is 0 Å². The van der Waals surface area contributed by atoms with Gasteiger partial charge in [-0.3, -0.25) is 0 Å². The zero-order chi connectivity index (χ0) is 9.78. The maximum absolute atomic E-state index is 11.8. The first-order chi connectivity index (χ1) is 5.34. The van der Waals surface area contributed by atoms with Gasteiger partial charge < -0.3 is 0 Å². The molecule has 0 rings (SSSR count). The van der Waals surface area contributed by atoms with Crippen molar-refractivity contribution in [3.63, 3.8) is 0 Å². The van der Waals surface area contributed by atoms with E-state index >= 15 is 0 Å². The lowest BCUT2D eigenvalue weighted by atomic mass is 10.2. The van der Waals surface area contributed by atoms with Crippen LogP contribution in [0.4, 0.5) is 13.2 Å². The van der Waals surface area contributed by atoms with Crippen LogP contribution >= 0.6 is 0 Å². The molecule has 3 heteroatoms. The summed E-state index contributed by atoms with van der Waals surface area (Å²) in [6, 6.07) is 0. The van der Waals surface area contributed by atoms with Crippen molar-refractivity contribution in [2.75, 3.05) is 0 Å². The maximum atomic E-state index is 11.8.